The lowest BCUT2D eigenvalue weighted by atomic mass is 10.0. The molecule has 0 fully saturated rings. The Hall–Kier alpha value is -1.84. The normalized spacial score (nSPS) is 11.0. The summed E-state index contributed by atoms with van der Waals surface area (Å²) in [6, 6.07) is 3.79. The molecule has 4 nitrogen and oxygen atoms in total. The number of nitrogens with two attached hydrogens (primary N) is 1. The third kappa shape index (κ3) is 1.91. The summed E-state index contributed by atoms with van der Waals surface area (Å²) in [7, 11) is 1.92. The first-order valence-electron chi connectivity index (χ1n) is 5.33. The summed E-state index contributed by atoms with van der Waals surface area (Å²) in [6.45, 7) is 4.26. The van der Waals surface area contributed by atoms with E-state index < -0.39 is 0 Å². The first kappa shape index (κ1) is 10.7. The quantitative estimate of drug-likeness (QED) is 0.837. The number of anilines is 1. The zero-order valence-electron chi connectivity index (χ0n) is 9.81. The highest BCUT2D eigenvalue weighted by atomic mass is 15.3. The highest BCUT2D eigenvalue weighted by Gasteiger charge is 2.13. The summed E-state index contributed by atoms with van der Waals surface area (Å²) >= 11 is 0. The van der Waals surface area contributed by atoms with Gasteiger partial charge in [-0.3, -0.25) is 9.67 Å². The fourth-order valence-electron chi connectivity index (χ4n) is 1.69. The maximum Gasteiger partial charge on any atom is 0.0743 e. The Morgan fingerprint density at radius 3 is 2.62 bits per heavy atom. The molecule has 0 radical (unpaired) electrons. The van der Waals surface area contributed by atoms with Crippen molar-refractivity contribution in [3.8, 4) is 11.3 Å². The number of aryl methyl sites for hydroxylation is 1. The minimum atomic E-state index is 0.385. The molecule has 0 amide bonds. The zero-order valence-corrected chi connectivity index (χ0v) is 9.81. The van der Waals surface area contributed by atoms with E-state index >= 15 is 0 Å². The van der Waals surface area contributed by atoms with Crippen LogP contribution < -0.4 is 5.73 Å². The van der Waals surface area contributed by atoms with Gasteiger partial charge in [-0.05, 0) is 18.1 Å². The zero-order chi connectivity index (χ0) is 11.7. The number of hydrogen-bond acceptors (Lipinski definition) is 3. The number of hydrogen-bond donors (Lipinski definition) is 1. The van der Waals surface area contributed by atoms with Crippen molar-refractivity contribution in [1.82, 2.24) is 14.8 Å². The number of rotatable bonds is 2. The van der Waals surface area contributed by atoms with Crippen molar-refractivity contribution in [1.29, 1.82) is 0 Å². The lowest BCUT2D eigenvalue weighted by molar-refractivity contribution is 0.713. The third-order valence-corrected chi connectivity index (χ3v) is 2.47. The molecule has 2 aromatic heterocycles. The summed E-state index contributed by atoms with van der Waals surface area (Å²) in [4.78, 5) is 4.33. The summed E-state index contributed by atoms with van der Waals surface area (Å²) in [6.07, 6.45) is 3.67. The van der Waals surface area contributed by atoms with Crippen molar-refractivity contribution in [2.45, 2.75) is 19.8 Å². The van der Waals surface area contributed by atoms with Crippen molar-refractivity contribution >= 4 is 5.69 Å². The van der Waals surface area contributed by atoms with E-state index in [1.165, 1.54) is 0 Å². The van der Waals surface area contributed by atoms with Crippen LogP contribution in [0.25, 0.3) is 11.3 Å². The Bertz CT molecular complexity index is 482. The van der Waals surface area contributed by atoms with Crippen molar-refractivity contribution in [3.05, 3.63) is 30.2 Å². The van der Waals surface area contributed by atoms with E-state index in [9.17, 15) is 0 Å². The molecule has 2 N–H and O–H groups in total. The number of nitrogens with zero attached hydrogens (tertiary/aromatic N) is 3. The summed E-state index contributed by atoms with van der Waals surface area (Å²) in [5.41, 5.74) is 9.38. The predicted octanol–water partition coefficient (Wildman–Crippen LogP) is 2.19. The molecule has 2 aromatic rings. The number of pyridine rings is 1. The van der Waals surface area contributed by atoms with Gasteiger partial charge in [0.15, 0.2) is 0 Å². The standard InChI is InChI=1S/C12H16N4/c1-8(2)12-10(7-16(3)15-12)11-5-4-9(13)6-14-11/h4-8H,13H2,1-3H3. The van der Waals surface area contributed by atoms with Gasteiger partial charge in [0, 0.05) is 18.8 Å². The Labute approximate surface area is 95.1 Å². The molecule has 2 heterocycles. The molecule has 0 bridgehead atoms. The van der Waals surface area contributed by atoms with E-state index in [1.807, 2.05) is 30.1 Å². The Kier molecular flexibility index (Phi) is 2.64. The van der Waals surface area contributed by atoms with Crippen LogP contribution in [0.15, 0.2) is 24.5 Å². The van der Waals surface area contributed by atoms with Gasteiger partial charge < -0.3 is 5.73 Å². The van der Waals surface area contributed by atoms with Gasteiger partial charge in [-0.15, -0.1) is 0 Å². The maximum atomic E-state index is 5.62. The largest absolute Gasteiger partial charge is 0.397 e. The molecule has 0 saturated heterocycles. The second kappa shape index (κ2) is 3.96. The Morgan fingerprint density at radius 1 is 1.31 bits per heavy atom. The van der Waals surface area contributed by atoms with Crippen LogP contribution in [0.2, 0.25) is 0 Å². The van der Waals surface area contributed by atoms with Crippen LogP contribution in [-0.4, -0.2) is 14.8 Å². The Balaban J connectivity index is 2.50. The van der Waals surface area contributed by atoms with Gasteiger partial charge in [-0.2, -0.15) is 5.10 Å². The minimum Gasteiger partial charge on any atom is -0.397 e. The molecular formula is C12H16N4. The van der Waals surface area contributed by atoms with Crippen molar-refractivity contribution in [2.75, 3.05) is 5.73 Å². The van der Waals surface area contributed by atoms with Gasteiger partial charge in [0.2, 0.25) is 0 Å². The van der Waals surface area contributed by atoms with E-state index in [1.54, 1.807) is 6.20 Å². The molecule has 16 heavy (non-hydrogen) atoms. The third-order valence-electron chi connectivity index (χ3n) is 2.47. The first-order valence-corrected chi connectivity index (χ1v) is 5.33. The molecule has 4 heteroatoms. The molecule has 2 rings (SSSR count). The van der Waals surface area contributed by atoms with Gasteiger partial charge in [0.1, 0.15) is 0 Å². The highest BCUT2D eigenvalue weighted by Crippen LogP contribution is 2.26. The van der Waals surface area contributed by atoms with Gasteiger partial charge in [-0.25, -0.2) is 0 Å². The van der Waals surface area contributed by atoms with Crippen LogP contribution in [0.3, 0.4) is 0 Å². The molecule has 84 valence electrons. The molecule has 0 atom stereocenters. The molecule has 0 aliphatic rings. The molecule has 0 saturated carbocycles. The lowest BCUT2D eigenvalue weighted by Gasteiger charge is -2.04. The maximum absolute atomic E-state index is 5.62. The van der Waals surface area contributed by atoms with Gasteiger partial charge >= 0.3 is 0 Å². The Morgan fingerprint density at radius 2 is 2.06 bits per heavy atom. The van der Waals surface area contributed by atoms with E-state index in [-0.39, 0.29) is 0 Å². The summed E-state index contributed by atoms with van der Waals surface area (Å²) in [5.74, 6) is 0.385. The fourth-order valence-corrected chi connectivity index (χ4v) is 1.69. The van der Waals surface area contributed by atoms with Crippen LogP contribution in [0, 0.1) is 0 Å². The molecule has 0 aromatic carbocycles. The number of nitrogen functional groups attached to an aromatic ring is 1. The van der Waals surface area contributed by atoms with Crippen molar-refractivity contribution < 1.29 is 0 Å². The van der Waals surface area contributed by atoms with Gasteiger partial charge in [0.05, 0.1) is 23.3 Å². The van der Waals surface area contributed by atoms with E-state index in [0.717, 1.165) is 17.0 Å². The summed E-state index contributed by atoms with van der Waals surface area (Å²) in [5, 5.41) is 4.45. The molecule has 0 spiro atoms. The second-order valence-electron chi connectivity index (χ2n) is 4.23. The lowest BCUT2D eigenvalue weighted by Crippen LogP contribution is -1.94. The average Bonchev–Trinajstić information content (AvgIpc) is 2.61. The monoisotopic (exact) mass is 216 g/mol. The van der Waals surface area contributed by atoms with Gasteiger partial charge in [-0.1, -0.05) is 13.8 Å². The summed E-state index contributed by atoms with van der Waals surface area (Å²) < 4.78 is 1.82. The van der Waals surface area contributed by atoms with Gasteiger partial charge in [0.25, 0.3) is 0 Å². The highest BCUT2D eigenvalue weighted by molar-refractivity contribution is 5.63. The fraction of sp³-hybridized carbons (Fsp3) is 0.333. The minimum absolute atomic E-state index is 0.385. The second-order valence-corrected chi connectivity index (χ2v) is 4.23. The van der Waals surface area contributed by atoms with Crippen LogP contribution in [-0.2, 0) is 7.05 Å². The van der Waals surface area contributed by atoms with Crippen molar-refractivity contribution in [3.63, 3.8) is 0 Å². The topological polar surface area (TPSA) is 56.7 Å². The molecule has 0 aliphatic heterocycles. The number of aromatic nitrogens is 3. The predicted molar refractivity (Wildman–Crippen MR) is 64.9 cm³/mol. The first-order chi connectivity index (χ1) is 7.58. The van der Waals surface area contributed by atoms with E-state index in [0.29, 0.717) is 11.6 Å². The average molecular weight is 216 g/mol. The van der Waals surface area contributed by atoms with Crippen molar-refractivity contribution in [2.24, 2.45) is 7.05 Å². The van der Waals surface area contributed by atoms with Crippen LogP contribution in [0.1, 0.15) is 25.5 Å². The smallest absolute Gasteiger partial charge is 0.0743 e. The van der Waals surface area contributed by atoms with Crippen LogP contribution in [0.4, 0.5) is 5.69 Å². The molecule has 0 aliphatic carbocycles. The molecule has 0 unspecified atom stereocenters. The van der Waals surface area contributed by atoms with Crippen LogP contribution in [0.5, 0.6) is 0 Å². The van der Waals surface area contributed by atoms with E-state index in [2.05, 4.69) is 23.9 Å². The van der Waals surface area contributed by atoms with E-state index in [4.69, 9.17) is 5.73 Å². The SMILES string of the molecule is CC(C)c1nn(C)cc1-c1ccc(N)cn1. The van der Waals surface area contributed by atoms with Crippen LogP contribution >= 0.6 is 0 Å². The molecular weight excluding hydrogens is 200 g/mol.